The van der Waals surface area contributed by atoms with Gasteiger partial charge in [0.1, 0.15) is 0 Å². The summed E-state index contributed by atoms with van der Waals surface area (Å²) in [4.78, 5) is 32.1. The van der Waals surface area contributed by atoms with Gasteiger partial charge in [0.25, 0.3) is 0 Å². The second kappa shape index (κ2) is 6.03. The molecule has 3 unspecified atom stereocenters. The molecule has 0 aromatic carbocycles. The van der Waals surface area contributed by atoms with Gasteiger partial charge in [0.05, 0.1) is 18.6 Å². The number of aliphatic carboxylic acids is 2. The predicted molar refractivity (Wildman–Crippen MR) is 51.5 cm³/mol. The maximum Gasteiger partial charge on any atom is 0.328 e. The lowest BCUT2D eigenvalue weighted by atomic mass is 10.1. The summed E-state index contributed by atoms with van der Waals surface area (Å²) in [6.45, 7) is 1.18. The fourth-order valence-electron chi connectivity index (χ4n) is 0.930. The van der Waals surface area contributed by atoms with Gasteiger partial charge in [-0.15, -0.1) is 0 Å². The number of carboxylic acids is 2. The van der Waals surface area contributed by atoms with Crippen LogP contribution in [0.15, 0.2) is 0 Å². The van der Waals surface area contributed by atoms with Crippen molar-refractivity contribution in [1.29, 1.82) is 0 Å². The molecule has 0 bridgehead atoms. The summed E-state index contributed by atoms with van der Waals surface area (Å²) in [5, 5.41) is 28.0. The summed E-state index contributed by atoms with van der Waals surface area (Å²) in [5.41, 5.74) is 5.20. The van der Waals surface area contributed by atoms with Crippen LogP contribution in [-0.2, 0) is 14.4 Å². The Labute approximate surface area is 91.1 Å². The van der Waals surface area contributed by atoms with Gasteiger partial charge in [0.2, 0.25) is 5.91 Å². The minimum absolute atomic E-state index is 0.613. The first-order chi connectivity index (χ1) is 7.25. The van der Waals surface area contributed by atoms with E-state index in [0.717, 1.165) is 0 Å². The predicted octanol–water partition coefficient (Wildman–Crippen LogP) is -2.26. The van der Waals surface area contributed by atoms with E-state index in [1.807, 2.05) is 5.32 Å². The molecule has 0 fully saturated rings. The smallest absolute Gasteiger partial charge is 0.328 e. The minimum atomic E-state index is -1.51. The highest BCUT2D eigenvalue weighted by Gasteiger charge is 2.27. The topological polar surface area (TPSA) is 150 Å². The van der Waals surface area contributed by atoms with Crippen molar-refractivity contribution in [1.82, 2.24) is 5.32 Å². The molecule has 0 aliphatic rings. The molecule has 1 amide bonds. The van der Waals surface area contributed by atoms with E-state index in [9.17, 15) is 14.4 Å². The van der Waals surface area contributed by atoms with Crippen LogP contribution in [0.25, 0.3) is 0 Å². The summed E-state index contributed by atoms with van der Waals surface area (Å²) < 4.78 is 0. The zero-order valence-corrected chi connectivity index (χ0v) is 8.58. The average molecular weight is 234 g/mol. The molecule has 0 rings (SSSR count). The molecule has 0 radical (unpaired) electrons. The van der Waals surface area contributed by atoms with Gasteiger partial charge < -0.3 is 26.4 Å². The van der Waals surface area contributed by atoms with E-state index in [1.54, 1.807) is 0 Å². The Morgan fingerprint density at radius 1 is 1.31 bits per heavy atom. The normalized spacial score (nSPS) is 15.9. The van der Waals surface area contributed by atoms with Crippen molar-refractivity contribution in [3.63, 3.8) is 0 Å². The number of hydrogen-bond acceptors (Lipinski definition) is 5. The minimum Gasteiger partial charge on any atom is -0.481 e. The SMILES string of the molecule is CC(O)C(NC(=O)C(N)CC(=O)O)C(=O)O. The Morgan fingerprint density at radius 2 is 1.81 bits per heavy atom. The van der Waals surface area contributed by atoms with Crippen LogP contribution in [0, 0.1) is 0 Å². The number of carbonyl (C=O) groups excluding carboxylic acids is 1. The molecular formula is C8H14N2O6. The molecule has 0 aliphatic carbocycles. The maximum absolute atomic E-state index is 11.2. The van der Waals surface area contributed by atoms with Gasteiger partial charge >= 0.3 is 11.9 Å². The number of hydrogen-bond donors (Lipinski definition) is 5. The number of nitrogens with one attached hydrogen (secondary N) is 1. The molecule has 92 valence electrons. The van der Waals surface area contributed by atoms with Crippen molar-refractivity contribution in [2.75, 3.05) is 0 Å². The van der Waals surface area contributed by atoms with Crippen LogP contribution < -0.4 is 11.1 Å². The summed E-state index contributed by atoms with van der Waals surface area (Å²) in [6, 6.07) is -2.86. The number of amides is 1. The first-order valence-electron chi connectivity index (χ1n) is 4.44. The lowest BCUT2D eigenvalue weighted by Crippen LogP contribution is -2.53. The summed E-state index contributed by atoms with van der Waals surface area (Å²) >= 11 is 0. The van der Waals surface area contributed by atoms with Gasteiger partial charge in [-0.1, -0.05) is 0 Å². The van der Waals surface area contributed by atoms with Crippen LogP contribution in [0.2, 0.25) is 0 Å². The fraction of sp³-hybridized carbons (Fsp3) is 0.625. The largest absolute Gasteiger partial charge is 0.481 e. The highest BCUT2D eigenvalue weighted by Crippen LogP contribution is 1.96. The van der Waals surface area contributed by atoms with E-state index in [1.165, 1.54) is 6.92 Å². The molecule has 0 spiro atoms. The lowest BCUT2D eigenvalue weighted by Gasteiger charge is -2.18. The van der Waals surface area contributed by atoms with Gasteiger partial charge in [-0.2, -0.15) is 0 Å². The number of carboxylic acid groups (broad SMARTS) is 2. The summed E-state index contributed by atoms with van der Waals surface area (Å²) in [5.74, 6) is -3.63. The molecule has 0 heterocycles. The average Bonchev–Trinajstić information content (AvgIpc) is 2.11. The van der Waals surface area contributed by atoms with Gasteiger partial charge in [-0.05, 0) is 6.92 Å². The molecule has 0 saturated carbocycles. The molecule has 0 aromatic rings. The molecule has 3 atom stereocenters. The van der Waals surface area contributed by atoms with E-state index >= 15 is 0 Å². The van der Waals surface area contributed by atoms with Crippen LogP contribution in [0.1, 0.15) is 13.3 Å². The number of carbonyl (C=O) groups is 3. The Hall–Kier alpha value is -1.67. The monoisotopic (exact) mass is 234 g/mol. The number of rotatable bonds is 6. The Bertz CT molecular complexity index is 290. The molecule has 0 aromatic heterocycles. The molecule has 8 heteroatoms. The molecule has 8 nitrogen and oxygen atoms in total. The molecular weight excluding hydrogens is 220 g/mol. The first-order valence-corrected chi connectivity index (χ1v) is 4.44. The van der Waals surface area contributed by atoms with Crippen LogP contribution >= 0.6 is 0 Å². The second-order valence-electron chi connectivity index (χ2n) is 3.27. The molecule has 0 saturated heterocycles. The Balaban J connectivity index is 4.40. The van der Waals surface area contributed by atoms with Crippen LogP contribution in [0.5, 0.6) is 0 Å². The van der Waals surface area contributed by atoms with E-state index < -0.39 is 42.5 Å². The highest BCUT2D eigenvalue weighted by atomic mass is 16.4. The first kappa shape index (κ1) is 14.3. The quantitative estimate of drug-likeness (QED) is 0.348. The Morgan fingerprint density at radius 3 is 2.12 bits per heavy atom. The zero-order chi connectivity index (χ0) is 12.9. The van der Waals surface area contributed by atoms with E-state index in [4.69, 9.17) is 21.1 Å². The zero-order valence-electron chi connectivity index (χ0n) is 8.58. The van der Waals surface area contributed by atoms with Gasteiger partial charge in [-0.25, -0.2) is 4.79 Å². The second-order valence-corrected chi connectivity index (χ2v) is 3.27. The fourth-order valence-corrected chi connectivity index (χ4v) is 0.930. The third-order valence-corrected chi connectivity index (χ3v) is 1.78. The van der Waals surface area contributed by atoms with E-state index in [2.05, 4.69) is 0 Å². The number of aliphatic hydroxyl groups excluding tert-OH is 1. The molecule has 16 heavy (non-hydrogen) atoms. The molecule has 6 N–H and O–H groups in total. The van der Waals surface area contributed by atoms with Crippen molar-refractivity contribution in [3.8, 4) is 0 Å². The van der Waals surface area contributed by atoms with Crippen molar-refractivity contribution < 1.29 is 29.7 Å². The number of nitrogens with two attached hydrogens (primary N) is 1. The standard InChI is InChI=1S/C8H14N2O6/c1-3(11)6(8(15)16)10-7(14)4(9)2-5(12)13/h3-4,6,11H,2,9H2,1H3,(H,10,14)(H,12,13)(H,15,16). The third kappa shape index (κ3) is 4.71. The molecule has 0 aliphatic heterocycles. The van der Waals surface area contributed by atoms with Crippen LogP contribution in [-0.4, -0.2) is 51.4 Å². The van der Waals surface area contributed by atoms with E-state index in [0.29, 0.717) is 0 Å². The van der Waals surface area contributed by atoms with E-state index in [-0.39, 0.29) is 0 Å². The van der Waals surface area contributed by atoms with Crippen molar-refractivity contribution in [2.45, 2.75) is 31.5 Å². The number of aliphatic hydroxyl groups is 1. The highest BCUT2D eigenvalue weighted by molar-refractivity contribution is 5.89. The van der Waals surface area contributed by atoms with Gasteiger partial charge in [0.15, 0.2) is 6.04 Å². The Kier molecular flexibility index (Phi) is 5.40. The van der Waals surface area contributed by atoms with Gasteiger partial charge in [0, 0.05) is 0 Å². The van der Waals surface area contributed by atoms with Crippen molar-refractivity contribution in [3.05, 3.63) is 0 Å². The van der Waals surface area contributed by atoms with Crippen LogP contribution in [0.3, 0.4) is 0 Å². The van der Waals surface area contributed by atoms with Crippen molar-refractivity contribution in [2.24, 2.45) is 5.73 Å². The maximum atomic E-state index is 11.2. The summed E-state index contributed by atoms with van der Waals surface area (Å²) in [6.07, 6.45) is -1.92. The van der Waals surface area contributed by atoms with Gasteiger partial charge in [-0.3, -0.25) is 9.59 Å². The summed E-state index contributed by atoms with van der Waals surface area (Å²) in [7, 11) is 0. The lowest BCUT2D eigenvalue weighted by molar-refractivity contribution is -0.145. The van der Waals surface area contributed by atoms with Crippen molar-refractivity contribution >= 4 is 17.8 Å². The van der Waals surface area contributed by atoms with Crippen LogP contribution in [0.4, 0.5) is 0 Å². The third-order valence-electron chi connectivity index (χ3n) is 1.78.